The summed E-state index contributed by atoms with van der Waals surface area (Å²) in [4.78, 5) is 11.5. The number of benzene rings is 2. The largest absolute Gasteiger partial charge is 0.352 e. The van der Waals surface area contributed by atoms with E-state index < -0.39 is 0 Å². The Labute approximate surface area is 159 Å². The van der Waals surface area contributed by atoms with Crippen LogP contribution in [0.5, 0.6) is 0 Å². The van der Waals surface area contributed by atoms with Gasteiger partial charge < -0.3 is 10.2 Å². The first-order valence-electron chi connectivity index (χ1n) is 8.77. The van der Waals surface area contributed by atoms with Crippen molar-refractivity contribution in [2.45, 2.75) is 26.9 Å². The molecule has 26 heavy (non-hydrogen) atoms. The van der Waals surface area contributed by atoms with E-state index in [2.05, 4.69) is 46.4 Å². The Morgan fingerprint density at radius 3 is 2.38 bits per heavy atom. The Bertz CT molecular complexity index is 834. The molecule has 0 amide bonds. The van der Waals surface area contributed by atoms with Crippen LogP contribution in [0.2, 0.25) is 5.02 Å². The summed E-state index contributed by atoms with van der Waals surface area (Å²) in [6.45, 7) is 6.49. The van der Waals surface area contributed by atoms with Crippen LogP contribution in [-0.2, 0) is 13.1 Å². The third-order valence-corrected chi connectivity index (χ3v) is 4.38. The van der Waals surface area contributed by atoms with Gasteiger partial charge in [-0.3, -0.25) is 0 Å². The zero-order valence-corrected chi connectivity index (χ0v) is 15.9. The van der Waals surface area contributed by atoms with Crippen molar-refractivity contribution >= 4 is 23.4 Å². The minimum Gasteiger partial charge on any atom is -0.352 e. The molecule has 2 aromatic carbocycles. The summed E-state index contributed by atoms with van der Waals surface area (Å²) in [5.74, 6) is 1.57. The normalized spacial score (nSPS) is 10.6. The van der Waals surface area contributed by atoms with E-state index >= 15 is 0 Å². The molecule has 0 fully saturated rings. The fourth-order valence-corrected chi connectivity index (χ4v) is 2.86. The van der Waals surface area contributed by atoms with Gasteiger partial charge in [-0.1, -0.05) is 54.1 Å². The molecule has 5 heteroatoms. The molecular weight excluding hydrogens is 344 g/mol. The molecule has 1 N–H and O–H groups in total. The molecule has 0 atom stereocenters. The maximum Gasteiger partial charge on any atom is 0.225 e. The van der Waals surface area contributed by atoms with E-state index in [1.54, 1.807) is 0 Å². The number of hydrogen-bond donors (Lipinski definition) is 1. The lowest BCUT2D eigenvalue weighted by atomic mass is 10.2. The Morgan fingerprint density at radius 2 is 1.69 bits per heavy atom. The zero-order chi connectivity index (χ0) is 18.4. The number of anilines is 2. The van der Waals surface area contributed by atoms with Crippen molar-refractivity contribution in [2.24, 2.45) is 0 Å². The second-order valence-electron chi connectivity index (χ2n) is 6.17. The average molecular weight is 367 g/mol. The van der Waals surface area contributed by atoms with Gasteiger partial charge in [0, 0.05) is 36.4 Å². The number of aromatic nitrogens is 2. The SMILES string of the molecule is CCN(Cc1ccccc1)c1cc(C)nc(NCc2ccc(Cl)cc2)n1. The highest BCUT2D eigenvalue weighted by molar-refractivity contribution is 6.30. The van der Waals surface area contributed by atoms with Crippen molar-refractivity contribution in [3.05, 3.63) is 82.5 Å². The van der Waals surface area contributed by atoms with E-state index in [1.165, 1.54) is 5.56 Å². The smallest absolute Gasteiger partial charge is 0.225 e. The van der Waals surface area contributed by atoms with Gasteiger partial charge in [0.1, 0.15) is 5.82 Å². The quantitative estimate of drug-likeness (QED) is 0.633. The summed E-state index contributed by atoms with van der Waals surface area (Å²) in [7, 11) is 0. The van der Waals surface area contributed by atoms with Gasteiger partial charge in [0.15, 0.2) is 0 Å². The monoisotopic (exact) mass is 366 g/mol. The van der Waals surface area contributed by atoms with E-state index in [0.717, 1.165) is 35.2 Å². The first kappa shape index (κ1) is 18.2. The average Bonchev–Trinajstić information content (AvgIpc) is 2.66. The highest BCUT2D eigenvalue weighted by atomic mass is 35.5. The highest BCUT2D eigenvalue weighted by Gasteiger charge is 2.10. The molecule has 0 aliphatic carbocycles. The molecular formula is C21H23ClN4. The van der Waals surface area contributed by atoms with Crippen LogP contribution >= 0.6 is 11.6 Å². The van der Waals surface area contributed by atoms with Crippen LogP contribution in [-0.4, -0.2) is 16.5 Å². The maximum absolute atomic E-state index is 5.94. The van der Waals surface area contributed by atoms with Gasteiger partial charge in [0.25, 0.3) is 0 Å². The molecule has 0 aliphatic heterocycles. The number of nitrogens with one attached hydrogen (secondary N) is 1. The van der Waals surface area contributed by atoms with Gasteiger partial charge >= 0.3 is 0 Å². The second-order valence-corrected chi connectivity index (χ2v) is 6.61. The summed E-state index contributed by atoms with van der Waals surface area (Å²) in [6.07, 6.45) is 0. The molecule has 0 saturated heterocycles. The molecule has 0 unspecified atom stereocenters. The van der Waals surface area contributed by atoms with E-state index in [0.29, 0.717) is 12.5 Å². The topological polar surface area (TPSA) is 41.1 Å². The molecule has 0 spiro atoms. The van der Waals surface area contributed by atoms with E-state index in [-0.39, 0.29) is 0 Å². The van der Waals surface area contributed by atoms with Crippen molar-refractivity contribution in [3.63, 3.8) is 0 Å². The van der Waals surface area contributed by atoms with Gasteiger partial charge in [-0.2, -0.15) is 4.98 Å². The summed E-state index contributed by atoms with van der Waals surface area (Å²) in [6, 6.07) is 20.2. The standard InChI is InChI=1S/C21H23ClN4/c1-3-26(15-18-7-5-4-6-8-18)20-13-16(2)24-21(25-20)23-14-17-9-11-19(22)12-10-17/h4-13H,3,14-15H2,1-2H3,(H,23,24,25). The molecule has 0 aliphatic rings. The van der Waals surface area contributed by atoms with Crippen LogP contribution in [0, 0.1) is 6.92 Å². The van der Waals surface area contributed by atoms with Crippen LogP contribution < -0.4 is 10.2 Å². The maximum atomic E-state index is 5.94. The van der Waals surface area contributed by atoms with Gasteiger partial charge in [0.05, 0.1) is 0 Å². The van der Waals surface area contributed by atoms with Crippen LogP contribution in [0.4, 0.5) is 11.8 Å². The first-order valence-corrected chi connectivity index (χ1v) is 9.14. The van der Waals surface area contributed by atoms with Crippen molar-refractivity contribution in [2.75, 3.05) is 16.8 Å². The summed E-state index contributed by atoms with van der Waals surface area (Å²) in [5.41, 5.74) is 3.35. The molecule has 3 rings (SSSR count). The van der Waals surface area contributed by atoms with Gasteiger partial charge in [0.2, 0.25) is 5.95 Å². The Morgan fingerprint density at radius 1 is 0.962 bits per heavy atom. The van der Waals surface area contributed by atoms with Crippen molar-refractivity contribution in [1.29, 1.82) is 0 Å². The van der Waals surface area contributed by atoms with Gasteiger partial charge in [-0.15, -0.1) is 0 Å². The van der Waals surface area contributed by atoms with Crippen LogP contribution in [0.25, 0.3) is 0 Å². The Hall–Kier alpha value is -2.59. The summed E-state index contributed by atoms with van der Waals surface area (Å²) in [5, 5.41) is 4.05. The number of halogens is 1. The fourth-order valence-electron chi connectivity index (χ4n) is 2.73. The first-order chi connectivity index (χ1) is 12.6. The molecule has 0 bridgehead atoms. The fraction of sp³-hybridized carbons (Fsp3) is 0.238. The predicted octanol–water partition coefficient (Wildman–Crippen LogP) is 5.08. The highest BCUT2D eigenvalue weighted by Crippen LogP contribution is 2.18. The predicted molar refractivity (Wildman–Crippen MR) is 109 cm³/mol. The van der Waals surface area contributed by atoms with Gasteiger partial charge in [-0.25, -0.2) is 4.98 Å². The molecule has 1 aromatic heterocycles. The minimum absolute atomic E-state index is 0.640. The third kappa shape index (κ3) is 4.96. The number of nitrogens with zero attached hydrogens (tertiary/aromatic N) is 3. The molecule has 4 nitrogen and oxygen atoms in total. The lowest BCUT2D eigenvalue weighted by Gasteiger charge is -2.23. The van der Waals surface area contributed by atoms with Crippen LogP contribution in [0.15, 0.2) is 60.7 Å². The number of aryl methyl sites for hydroxylation is 1. The van der Waals surface area contributed by atoms with E-state index in [9.17, 15) is 0 Å². The van der Waals surface area contributed by atoms with Gasteiger partial charge in [-0.05, 0) is 37.1 Å². The zero-order valence-electron chi connectivity index (χ0n) is 15.1. The molecule has 1 heterocycles. The van der Waals surface area contributed by atoms with E-state index in [1.807, 2.05) is 43.3 Å². The molecule has 0 saturated carbocycles. The van der Waals surface area contributed by atoms with Crippen molar-refractivity contribution < 1.29 is 0 Å². The molecule has 134 valence electrons. The lowest BCUT2D eigenvalue weighted by Crippen LogP contribution is -2.23. The van der Waals surface area contributed by atoms with E-state index in [4.69, 9.17) is 16.6 Å². The minimum atomic E-state index is 0.640. The van der Waals surface area contributed by atoms with Crippen LogP contribution in [0.1, 0.15) is 23.7 Å². The molecule has 0 radical (unpaired) electrons. The van der Waals surface area contributed by atoms with Crippen molar-refractivity contribution in [3.8, 4) is 0 Å². The second kappa shape index (κ2) is 8.68. The number of rotatable bonds is 7. The Kier molecular flexibility index (Phi) is 6.08. The number of hydrogen-bond acceptors (Lipinski definition) is 4. The van der Waals surface area contributed by atoms with Crippen LogP contribution in [0.3, 0.4) is 0 Å². The summed E-state index contributed by atoms with van der Waals surface area (Å²) < 4.78 is 0. The third-order valence-electron chi connectivity index (χ3n) is 4.13. The summed E-state index contributed by atoms with van der Waals surface area (Å²) >= 11 is 5.94. The van der Waals surface area contributed by atoms with Crippen molar-refractivity contribution in [1.82, 2.24) is 9.97 Å². The Balaban J connectivity index is 1.74. The molecule has 3 aromatic rings. The lowest BCUT2D eigenvalue weighted by molar-refractivity contribution is 0.807.